The predicted octanol–water partition coefficient (Wildman–Crippen LogP) is 4.49. The highest BCUT2D eigenvalue weighted by Crippen LogP contribution is 2.38. The second-order valence-electron chi connectivity index (χ2n) is 6.35. The first-order chi connectivity index (χ1) is 9.63. The third kappa shape index (κ3) is 3.56. The second-order valence-corrected chi connectivity index (χ2v) is 6.35. The Bertz CT molecular complexity index is 550. The number of rotatable bonds is 5. The van der Waals surface area contributed by atoms with Crippen molar-refractivity contribution in [3.8, 4) is 0 Å². The van der Waals surface area contributed by atoms with Gasteiger partial charge in [-0.15, -0.1) is 4.91 Å². The SMILES string of the molecule is CCC(C)N(N=O)c1c(C)cc(C(C)(C)C)cc1[N+](=O)[O-]. The number of hydrogen-bond acceptors (Lipinski definition) is 4. The summed E-state index contributed by atoms with van der Waals surface area (Å²) < 4.78 is 0. The summed E-state index contributed by atoms with van der Waals surface area (Å²) in [5.74, 6) is 0. The Morgan fingerprint density at radius 1 is 1.38 bits per heavy atom. The molecule has 1 aromatic carbocycles. The summed E-state index contributed by atoms with van der Waals surface area (Å²) >= 11 is 0. The third-order valence-electron chi connectivity index (χ3n) is 3.67. The lowest BCUT2D eigenvalue weighted by molar-refractivity contribution is -0.384. The molecule has 1 atom stereocenters. The monoisotopic (exact) mass is 293 g/mol. The summed E-state index contributed by atoms with van der Waals surface area (Å²) in [6, 6.07) is 3.24. The molecular weight excluding hydrogens is 270 g/mol. The van der Waals surface area contributed by atoms with Crippen molar-refractivity contribution in [1.82, 2.24) is 0 Å². The van der Waals surface area contributed by atoms with Crippen LogP contribution in [0.3, 0.4) is 0 Å². The van der Waals surface area contributed by atoms with Crippen molar-refractivity contribution in [3.05, 3.63) is 38.3 Å². The summed E-state index contributed by atoms with van der Waals surface area (Å²) in [7, 11) is 0. The van der Waals surface area contributed by atoms with E-state index >= 15 is 0 Å². The first-order valence-corrected chi connectivity index (χ1v) is 7.05. The Morgan fingerprint density at radius 3 is 2.33 bits per heavy atom. The number of nitrogens with zero attached hydrogens (tertiary/aromatic N) is 3. The molecule has 0 aromatic heterocycles. The molecule has 0 amide bonds. The first-order valence-electron chi connectivity index (χ1n) is 7.05. The maximum absolute atomic E-state index is 11.4. The van der Waals surface area contributed by atoms with Crippen LogP contribution in [0.25, 0.3) is 0 Å². The Labute approximate surface area is 125 Å². The van der Waals surface area contributed by atoms with E-state index < -0.39 is 4.92 Å². The fourth-order valence-electron chi connectivity index (χ4n) is 2.15. The van der Waals surface area contributed by atoms with Gasteiger partial charge in [-0.25, -0.2) is 5.01 Å². The van der Waals surface area contributed by atoms with Gasteiger partial charge in [-0.1, -0.05) is 33.8 Å². The van der Waals surface area contributed by atoms with Gasteiger partial charge in [0.2, 0.25) is 0 Å². The molecule has 0 aliphatic rings. The maximum Gasteiger partial charge on any atom is 0.295 e. The van der Waals surface area contributed by atoms with Crippen molar-refractivity contribution in [1.29, 1.82) is 0 Å². The second kappa shape index (κ2) is 6.20. The van der Waals surface area contributed by atoms with Crippen molar-refractivity contribution in [3.63, 3.8) is 0 Å². The van der Waals surface area contributed by atoms with Gasteiger partial charge >= 0.3 is 0 Å². The van der Waals surface area contributed by atoms with E-state index in [1.807, 2.05) is 40.7 Å². The zero-order valence-electron chi connectivity index (χ0n) is 13.5. The number of nitro benzene ring substituents is 1. The van der Waals surface area contributed by atoms with Crippen molar-refractivity contribution in [2.24, 2.45) is 5.29 Å². The fraction of sp³-hybridized carbons (Fsp3) is 0.600. The molecule has 0 N–H and O–H groups in total. The molecule has 0 aliphatic carbocycles. The van der Waals surface area contributed by atoms with Gasteiger partial charge in [0.15, 0.2) is 0 Å². The van der Waals surface area contributed by atoms with Gasteiger partial charge in [-0.3, -0.25) is 10.1 Å². The molecule has 0 heterocycles. The molecule has 0 spiro atoms. The van der Waals surface area contributed by atoms with Crippen LogP contribution in [-0.4, -0.2) is 11.0 Å². The molecule has 0 aliphatic heterocycles. The average molecular weight is 293 g/mol. The average Bonchev–Trinajstić information content (AvgIpc) is 2.38. The molecule has 1 rings (SSSR count). The quantitative estimate of drug-likeness (QED) is 0.455. The van der Waals surface area contributed by atoms with Gasteiger partial charge < -0.3 is 0 Å². The zero-order valence-corrected chi connectivity index (χ0v) is 13.5. The Balaban J connectivity index is 3.58. The Hall–Kier alpha value is -1.98. The minimum absolute atomic E-state index is 0.0696. The summed E-state index contributed by atoms with van der Waals surface area (Å²) in [6.07, 6.45) is 0.670. The van der Waals surface area contributed by atoms with Gasteiger partial charge in [0.25, 0.3) is 5.69 Å². The van der Waals surface area contributed by atoms with E-state index in [0.717, 1.165) is 5.56 Å². The topological polar surface area (TPSA) is 75.8 Å². The zero-order chi connectivity index (χ0) is 16.4. The molecule has 116 valence electrons. The Morgan fingerprint density at radius 2 is 1.95 bits per heavy atom. The van der Waals surface area contributed by atoms with Crippen LogP contribution in [0.2, 0.25) is 0 Å². The number of nitroso groups, excluding NO2 is 1. The van der Waals surface area contributed by atoms with Crippen LogP contribution in [-0.2, 0) is 5.41 Å². The molecule has 0 saturated carbocycles. The van der Waals surface area contributed by atoms with Crippen LogP contribution in [0, 0.1) is 21.9 Å². The van der Waals surface area contributed by atoms with Crippen LogP contribution >= 0.6 is 0 Å². The number of nitro groups is 1. The lowest BCUT2D eigenvalue weighted by Gasteiger charge is -2.26. The van der Waals surface area contributed by atoms with Crippen LogP contribution in [0.4, 0.5) is 11.4 Å². The van der Waals surface area contributed by atoms with Crippen molar-refractivity contribution >= 4 is 11.4 Å². The smallest absolute Gasteiger partial charge is 0.258 e. The summed E-state index contributed by atoms with van der Waals surface area (Å²) in [6.45, 7) is 11.5. The predicted molar refractivity (Wildman–Crippen MR) is 84.6 cm³/mol. The van der Waals surface area contributed by atoms with Crippen molar-refractivity contribution in [2.75, 3.05) is 5.01 Å². The minimum Gasteiger partial charge on any atom is -0.258 e. The highest BCUT2D eigenvalue weighted by atomic mass is 16.6. The lowest BCUT2D eigenvalue weighted by atomic mass is 9.85. The molecule has 1 aromatic rings. The van der Waals surface area contributed by atoms with Gasteiger partial charge in [0.1, 0.15) is 5.69 Å². The van der Waals surface area contributed by atoms with Gasteiger partial charge in [-0.2, -0.15) is 0 Å². The molecule has 0 radical (unpaired) electrons. The number of hydrogen-bond donors (Lipinski definition) is 0. The van der Waals surface area contributed by atoms with E-state index in [1.54, 1.807) is 13.0 Å². The van der Waals surface area contributed by atoms with E-state index in [4.69, 9.17) is 0 Å². The summed E-state index contributed by atoms with van der Waals surface area (Å²) in [4.78, 5) is 22.1. The molecule has 21 heavy (non-hydrogen) atoms. The maximum atomic E-state index is 11.4. The van der Waals surface area contributed by atoms with Crippen molar-refractivity contribution in [2.45, 2.75) is 59.4 Å². The van der Waals surface area contributed by atoms with E-state index in [2.05, 4.69) is 5.29 Å². The van der Waals surface area contributed by atoms with Crippen LogP contribution < -0.4 is 5.01 Å². The van der Waals surface area contributed by atoms with E-state index in [9.17, 15) is 15.0 Å². The molecule has 6 heteroatoms. The van der Waals surface area contributed by atoms with Crippen molar-refractivity contribution < 1.29 is 4.92 Å². The number of benzene rings is 1. The molecule has 6 nitrogen and oxygen atoms in total. The highest BCUT2D eigenvalue weighted by Gasteiger charge is 2.29. The first kappa shape index (κ1) is 17.1. The minimum atomic E-state index is -0.446. The lowest BCUT2D eigenvalue weighted by Crippen LogP contribution is -2.28. The molecular formula is C15H23N3O3. The van der Waals surface area contributed by atoms with Gasteiger partial charge in [-0.05, 0) is 36.8 Å². The summed E-state index contributed by atoms with van der Waals surface area (Å²) in [5, 5.41) is 15.6. The highest BCUT2D eigenvalue weighted by molar-refractivity contribution is 5.69. The third-order valence-corrected chi connectivity index (χ3v) is 3.67. The fourth-order valence-corrected chi connectivity index (χ4v) is 2.15. The standard InChI is InChI=1S/C15H23N3O3/c1-7-11(3)17(16-19)14-10(2)8-12(15(4,5)6)9-13(14)18(20)21/h8-9,11H,7H2,1-6H3. The van der Waals surface area contributed by atoms with E-state index in [-0.39, 0.29) is 22.8 Å². The molecule has 0 fully saturated rings. The Kier molecular flexibility index (Phi) is 5.04. The molecule has 0 saturated heterocycles. The van der Waals surface area contributed by atoms with Crippen LogP contribution in [0.15, 0.2) is 17.4 Å². The largest absolute Gasteiger partial charge is 0.295 e. The van der Waals surface area contributed by atoms with Crippen LogP contribution in [0.1, 0.15) is 52.2 Å². The van der Waals surface area contributed by atoms with Gasteiger partial charge in [0.05, 0.1) is 16.3 Å². The normalized spacial score (nSPS) is 12.9. The summed E-state index contributed by atoms with van der Waals surface area (Å²) in [5.41, 5.74) is 1.57. The van der Waals surface area contributed by atoms with E-state index in [0.29, 0.717) is 12.0 Å². The number of anilines is 1. The van der Waals surface area contributed by atoms with Crippen LogP contribution in [0.5, 0.6) is 0 Å². The molecule has 1 unspecified atom stereocenters. The number of aryl methyl sites for hydroxylation is 1. The molecule has 0 bridgehead atoms. The van der Waals surface area contributed by atoms with E-state index in [1.165, 1.54) is 5.01 Å². The van der Waals surface area contributed by atoms with Gasteiger partial charge in [0, 0.05) is 6.07 Å².